The van der Waals surface area contributed by atoms with Crippen LogP contribution in [0.15, 0.2) is 12.4 Å². The summed E-state index contributed by atoms with van der Waals surface area (Å²) in [5, 5.41) is 0.936. The molecule has 0 aliphatic carbocycles. The Kier molecular flexibility index (Phi) is 2.45. The summed E-state index contributed by atoms with van der Waals surface area (Å²) in [5.41, 5.74) is 1.27. The van der Waals surface area contributed by atoms with E-state index in [2.05, 4.69) is 23.4 Å². The Morgan fingerprint density at radius 2 is 2.50 bits per heavy atom. The topological polar surface area (TPSA) is 28.7 Å². The van der Waals surface area contributed by atoms with Crippen LogP contribution in [0.3, 0.4) is 0 Å². The molecule has 0 radical (unpaired) electrons. The van der Waals surface area contributed by atoms with Crippen molar-refractivity contribution in [3.8, 4) is 0 Å². The van der Waals surface area contributed by atoms with E-state index in [9.17, 15) is 0 Å². The van der Waals surface area contributed by atoms with Gasteiger partial charge in [0.05, 0.1) is 5.45 Å². The average molecular weight is 170 g/mol. The van der Waals surface area contributed by atoms with Crippen molar-refractivity contribution in [3.05, 3.63) is 12.4 Å². The molecule has 1 N–H and O–H groups in total. The first kappa shape index (κ1) is 7.75. The smallest absolute Gasteiger partial charge is 0.112 e. The number of imidazole rings is 1. The van der Waals surface area contributed by atoms with E-state index >= 15 is 0 Å². The second-order valence-electron chi connectivity index (χ2n) is 3.01. The lowest BCUT2D eigenvalue weighted by Gasteiger charge is -2.09. The van der Waals surface area contributed by atoms with Crippen LogP contribution in [0.1, 0.15) is 6.92 Å². The first-order chi connectivity index (χ1) is 4.72. The van der Waals surface area contributed by atoms with Crippen LogP contribution < -0.4 is 5.45 Å². The Hall–Kier alpha value is -0.356. The van der Waals surface area contributed by atoms with Crippen molar-refractivity contribution < 1.29 is 0 Å². The second-order valence-corrected chi connectivity index (χ2v) is 9.62. The molecule has 0 amide bonds. The van der Waals surface area contributed by atoms with Crippen LogP contribution in [0.4, 0.5) is 0 Å². The summed E-state index contributed by atoms with van der Waals surface area (Å²) in [6, 6.07) is 0. The largest absolute Gasteiger partial charge is 0.353 e. The predicted octanol–water partition coefficient (Wildman–Crippen LogP) is -0.813. The van der Waals surface area contributed by atoms with Crippen LogP contribution in [0, 0.1) is 0 Å². The minimum Gasteiger partial charge on any atom is -0.353 e. The number of aromatic nitrogens is 2. The van der Waals surface area contributed by atoms with Crippen molar-refractivity contribution in [2.75, 3.05) is 0 Å². The number of nitrogens with one attached hydrogen (secondary N) is 1. The molecule has 0 saturated heterocycles. The van der Waals surface area contributed by atoms with Crippen LogP contribution >= 0.6 is 0 Å². The quantitative estimate of drug-likeness (QED) is 0.578. The lowest BCUT2D eigenvalue weighted by molar-refractivity contribution is 1.27. The molecule has 0 aliphatic heterocycles. The van der Waals surface area contributed by atoms with E-state index < -0.39 is 8.80 Å². The first-order valence-corrected chi connectivity index (χ1v) is 7.26. The third-order valence-corrected chi connectivity index (χ3v) is 8.13. The zero-order chi connectivity index (χ0) is 7.56. The minimum atomic E-state index is -0.690. The Morgan fingerprint density at radius 3 is 2.90 bits per heavy atom. The molecule has 4 heteroatoms. The fourth-order valence-electron chi connectivity index (χ4n) is 0.842. The summed E-state index contributed by atoms with van der Waals surface area (Å²) in [5.74, 6) is 0. The van der Waals surface area contributed by atoms with E-state index in [1.807, 2.05) is 12.4 Å². The summed E-state index contributed by atoms with van der Waals surface area (Å²) in [6.45, 7) is 4.68. The molecule has 2 nitrogen and oxygen atoms in total. The Balaban J connectivity index is 2.68. The lowest BCUT2D eigenvalue weighted by atomic mass is 10.9. The van der Waals surface area contributed by atoms with Gasteiger partial charge in [-0.1, -0.05) is 18.6 Å². The maximum atomic E-state index is 4.27. The molecule has 0 aromatic carbocycles. The SMILES string of the molecule is CC([SiH3])[SiH](C)c1ncc[nH]1. The van der Waals surface area contributed by atoms with Crippen molar-refractivity contribution in [1.82, 2.24) is 9.97 Å². The molecule has 2 unspecified atom stereocenters. The average Bonchev–Trinajstić information content (AvgIpc) is 2.36. The zero-order valence-corrected chi connectivity index (χ0v) is 9.91. The number of rotatable bonds is 2. The van der Waals surface area contributed by atoms with Crippen LogP contribution in [0.5, 0.6) is 0 Å². The summed E-state index contributed by atoms with van der Waals surface area (Å²) in [4.78, 5) is 7.46. The number of aromatic amines is 1. The number of hydrogen-bond donors (Lipinski definition) is 1. The zero-order valence-electron chi connectivity index (χ0n) is 6.76. The number of hydrogen-bond acceptors (Lipinski definition) is 1. The monoisotopic (exact) mass is 170 g/mol. The van der Waals surface area contributed by atoms with Crippen LogP contribution in [-0.2, 0) is 0 Å². The molecule has 1 rings (SSSR count). The van der Waals surface area contributed by atoms with Gasteiger partial charge in [0.15, 0.2) is 0 Å². The van der Waals surface area contributed by atoms with Crippen molar-refractivity contribution in [1.29, 1.82) is 0 Å². The first-order valence-electron chi connectivity index (χ1n) is 3.71. The van der Waals surface area contributed by atoms with Gasteiger partial charge in [0.25, 0.3) is 0 Å². The van der Waals surface area contributed by atoms with Gasteiger partial charge in [0.1, 0.15) is 8.80 Å². The lowest BCUT2D eigenvalue weighted by Crippen LogP contribution is -2.33. The van der Waals surface area contributed by atoms with Crippen molar-refractivity contribution in [3.63, 3.8) is 0 Å². The molecule has 10 heavy (non-hydrogen) atoms. The third-order valence-electron chi connectivity index (χ3n) is 1.95. The predicted molar refractivity (Wildman–Crippen MR) is 50.6 cm³/mol. The van der Waals surface area contributed by atoms with Crippen molar-refractivity contribution in [2.45, 2.75) is 18.6 Å². The Labute approximate surface area is 66.1 Å². The van der Waals surface area contributed by atoms with Gasteiger partial charge in [0.2, 0.25) is 0 Å². The number of H-pyrrole nitrogens is 1. The Bertz CT molecular complexity index is 184. The van der Waals surface area contributed by atoms with E-state index in [4.69, 9.17) is 0 Å². The van der Waals surface area contributed by atoms with E-state index in [-0.39, 0.29) is 0 Å². The minimum absolute atomic E-state index is 0.690. The number of nitrogens with zero attached hydrogens (tertiary/aromatic N) is 1. The van der Waals surface area contributed by atoms with E-state index in [1.165, 1.54) is 15.7 Å². The summed E-state index contributed by atoms with van der Waals surface area (Å²) >= 11 is 0. The van der Waals surface area contributed by atoms with Gasteiger partial charge >= 0.3 is 0 Å². The fraction of sp³-hybridized carbons (Fsp3) is 0.500. The molecule has 1 aromatic rings. The van der Waals surface area contributed by atoms with Gasteiger partial charge in [-0.25, -0.2) is 4.98 Å². The molecule has 56 valence electrons. The van der Waals surface area contributed by atoms with E-state index in [1.54, 1.807) is 0 Å². The molecule has 2 atom stereocenters. The molecule has 1 heterocycles. The molecule has 0 saturated carbocycles. The Morgan fingerprint density at radius 1 is 1.80 bits per heavy atom. The maximum absolute atomic E-state index is 4.27. The fourth-order valence-corrected chi connectivity index (χ4v) is 3.10. The van der Waals surface area contributed by atoms with Gasteiger partial charge in [-0.2, -0.15) is 0 Å². The maximum Gasteiger partial charge on any atom is 0.112 e. The van der Waals surface area contributed by atoms with Crippen LogP contribution in [0.2, 0.25) is 11.7 Å². The summed E-state index contributed by atoms with van der Waals surface area (Å²) < 4.78 is 0. The molecular formula is C6H14N2Si2. The highest BCUT2D eigenvalue weighted by molar-refractivity contribution is 6.77. The highest BCUT2D eigenvalue weighted by atomic mass is 28.3. The highest BCUT2D eigenvalue weighted by Gasteiger charge is 2.12. The summed E-state index contributed by atoms with van der Waals surface area (Å²) in [6.07, 6.45) is 3.77. The standard InChI is InChI=1S/C6H14N2Si2/c1-5(9)10(2)6-7-3-4-8-6/h3-5,10H,1-2,9H3,(H,7,8). The van der Waals surface area contributed by atoms with E-state index in [0.29, 0.717) is 0 Å². The van der Waals surface area contributed by atoms with Gasteiger partial charge in [-0.3, -0.25) is 0 Å². The molecule has 0 fully saturated rings. The van der Waals surface area contributed by atoms with Crippen molar-refractivity contribution >= 4 is 24.5 Å². The molecule has 1 aromatic heterocycles. The highest BCUT2D eigenvalue weighted by Crippen LogP contribution is 2.00. The molecular weight excluding hydrogens is 156 g/mol. The molecule has 0 spiro atoms. The molecule has 0 bridgehead atoms. The van der Waals surface area contributed by atoms with Gasteiger partial charge in [-0.15, -0.1) is 0 Å². The normalized spacial score (nSPS) is 17.0. The molecule has 0 aliphatic rings. The van der Waals surface area contributed by atoms with Crippen molar-refractivity contribution in [2.24, 2.45) is 0 Å². The van der Waals surface area contributed by atoms with Crippen LogP contribution in [-0.4, -0.2) is 29.0 Å². The van der Waals surface area contributed by atoms with Gasteiger partial charge in [0, 0.05) is 22.6 Å². The van der Waals surface area contributed by atoms with E-state index in [0.717, 1.165) is 5.16 Å². The third kappa shape index (κ3) is 1.57. The van der Waals surface area contributed by atoms with Crippen LogP contribution in [0.25, 0.3) is 0 Å². The van der Waals surface area contributed by atoms with Gasteiger partial charge < -0.3 is 4.98 Å². The van der Waals surface area contributed by atoms with Gasteiger partial charge in [-0.05, 0) is 0 Å². The second kappa shape index (κ2) is 3.16. The summed E-state index contributed by atoms with van der Waals surface area (Å²) in [7, 11) is 0.611.